The zero-order chi connectivity index (χ0) is 15.5. The Labute approximate surface area is 136 Å². The molecule has 0 spiro atoms. The van der Waals surface area contributed by atoms with Crippen molar-refractivity contribution in [1.29, 1.82) is 0 Å². The monoisotopic (exact) mass is 297 g/mol. The summed E-state index contributed by atoms with van der Waals surface area (Å²) in [5.41, 5.74) is 2.70. The molecule has 0 radical (unpaired) electrons. The largest absolute Gasteiger partial charge is 0.309 e. The van der Waals surface area contributed by atoms with E-state index in [-0.39, 0.29) is 0 Å². The molecule has 23 heavy (non-hydrogen) atoms. The van der Waals surface area contributed by atoms with Gasteiger partial charge in [-0.1, -0.05) is 84.9 Å². The van der Waals surface area contributed by atoms with Gasteiger partial charge in [-0.3, -0.25) is 0 Å². The Kier molecular flexibility index (Phi) is 3.79. The fraction of sp³-hybridized carbons (Fsp3) is 0.0909. The summed E-state index contributed by atoms with van der Waals surface area (Å²) in [6.45, 7) is 1.76. The quantitative estimate of drug-likeness (QED) is 0.540. The Hall–Kier alpha value is -2.64. The van der Waals surface area contributed by atoms with E-state index in [1.165, 1.54) is 32.7 Å². The average molecular weight is 297 g/mol. The van der Waals surface area contributed by atoms with E-state index in [0.29, 0.717) is 0 Å². The summed E-state index contributed by atoms with van der Waals surface area (Å²) >= 11 is 0. The van der Waals surface area contributed by atoms with Crippen molar-refractivity contribution in [2.45, 2.75) is 13.1 Å². The van der Waals surface area contributed by atoms with Gasteiger partial charge in [0, 0.05) is 13.1 Å². The van der Waals surface area contributed by atoms with Crippen LogP contribution in [0.3, 0.4) is 0 Å². The molecular weight excluding hydrogens is 278 g/mol. The molecule has 0 amide bonds. The van der Waals surface area contributed by atoms with Gasteiger partial charge in [-0.05, 0) is 32.7 Å². The van der Waals surface area contributed by atoms with Crippen molar-refractivity contribution in [2.24, 2.45) is 0 Å². The first-order chi connectivity index (χ1) is 11.4. The predicted octanol–water partition coefficient (Wildman–Crippen LogP) is 5.28. The van der Waals surface area contributed by atoms with Gasteiger partial charge in [0.2, 0.25) is 0 Å². The third-order valence-electron chi connectivity index (χ3n) is 4.39. The van der Waals surface area contributed by atoms with Crippen LogP contribution < -0.4 is 5.32 Å². The van der Waals surface area contributed by atoms with Crippen molar-refractivity contribution in [1.82, 2.24) is 5.32 Å². The van der Waals surface area contributed by atoms with Crippen LogP contribution in [0.2, 0.25) is 0 Å². The van der Waals surface area contributed by atoms with Crippen LogP contribution >= 0.6 is 0 Å². The minimum Gasteiger partial charge on any atom is -0.309 e. The fourth-order valence-corrected chi connectivity index (χ4v) is 3.23. The van der Waals surface area contributed by atoms with E-state index >= 15 is 0 Å². The Morgan fingerprint density at radius 1 is 0.478 bits per heavy atom. The van der Waals surface area contributed by atoms with Gasteiger partial charge in [0.05, 0.1) is 0 Å². The summed E-state index contributed by atoms with van der Waals surface area (Å²) in [6.07, 6.45) is 0. The van der Waals surface area contributed by atoms with Gasteiger partial charge in [0.25, 0.3) is 0 Å². The van der Waals surface area contributed by atoms with Crippen LogP contribution in [-0.2, 0) is 13.1 Å². The molecule has 0 atom stereocenters. The zero-order valence-electron chi connectivity index (χ0n) is 13.0. The van der Waals surface area contributed by atoms with E-state index in [2.05, 4.69) is 90.2 Å². The molecule has 0 saturated heterocycles. The van der Waals surface area contributed by atoms with Gasteiger partial charge < -0.3 is 5.32 Å². The highest BCUT2D eigenvalue weighted by molar-refractivity contribution is 5.86. The minimum atomic E-state index is 0.880. The van der Waals surface area contributed by atoms with E-state index < -0.39 is 0 Å². The van der Waals surface area contributed by atoms with Crippen LogP contribution in [0.15, 0.2) is 84.9 Å². The zero-order valence-corrected chi connectivity index (χ0v) is 13.0. The number of benzene rings is 4. The fourth-order valence-electron chi connectivity index (χ4n) is 3.23. The first-order valence-corrected chi connectivity index (χ1v) is 8.06. The van der Waals surface area contributed by atoms with Crippen molar-refractivity contribution >= 4 is 21.5 Å². The lowest BCUT2D eigenvalue weighted by Gasteiger charge is -2.10. The standard InChI is InChI=1S/C22H19N/c1-3-13-21-17(7-1)9-5-11-19(21)15-23-16-20-12-6-10-18-8-2-4-14-22(18)20/h1-14,23H,15-16H2. The maximum absolute atomic E-state index is 3.60. The lowest BCUT2D eigenvalue weighted by Crippen LogP contribution is -2.13. The van der Waals surface area contributed by atoms with Crippen molar-refractivity contribution in [3.05, 3.63) is 96.1 Å². The second kappa shape index (κ2) is 6.23. The second-order valence-corrected chi connectivity index (χ2v) is 5.88. The number of hydrogen-bond donors (Lipinski definition) is 1. The third kappa shape index (κ3) is 2.84. The van der Waals surface area contributed by atoms with Gasteiger partial charge in [0.15, 0.2) is 0 Å². The summed E-state index contributed by atoms with van der Waals surface area (Å²) in [5, 5.41) is 8.88. The Balaban J connectivity index is 1.55. The predicted molar refractivity (Wildman–Crippen MR) is 98.4 cm³/mol. The van der Waals surface area contributed by atoms with E-state index in [1.807, 2.05) is 0 Å². The van der Waals surface area contributed by atoms with Gasteiger partial charge in [-0.2, -0.15) is 0 Å². The van der Waals surface area contributed by atoms with E-state index in [0.717, 1.165) is 13.1 Å². The van der Waals surface area contributed by atoms with Crippen LogP contribution in [0.5, 0.6) is 0 Å². The molecule has 0 aliphatic rings. The van der Waals surface area contributed by atoms with Crippen LogP contribution in [-0.4, -0.2) is 0 Å². The Morgan fingerprint density at radius 3 is 1.43 bits per heavy atom. The summed E-state index contributed by atoms with van der Waals surface area (Å²) in [6, 6.07) is 30.2. The molecule has 4 rings (SSSR count). The third-order valence-corrected chi connectivity index (χ3v) is 4.39. The van der Waals surface area contributed by atoms with Gasteiger partial charge >= 0.3 is 0 Å². The van der Waals surface area contributed by atoms with Crippen LogP contribution in [0.1, 0.15) is 11.1 Å². The van der Waals surface area contributed by atoms with Gasteiger partial charge in [-0.15, -0.1) is 0 Å². The van der Waals surface area contributed by atoms with Crippen molar-refractivity contribution < 1.29 is 0 Å². The van der Waals surface area contributed by atoms with E-state index in [9.17, 15) is 0 Å². The summed E-state index contributed by atoms with van der Waals surface area (Å²) in [4.78, 5) is 0. The average Bonchev–Trinajstić information content (AvgIpc) is 2.62. The highest BCUT2D eigenvalue weighted by atomic mass is 14.8. The molecular formula is C22H19N. The molecule has 1 nitrogen and oxygen atoms in total. The molecule has 0 unspecified atom stereocenters. The normalized spacial score (nSPS) is 11.1. The molecule has 4 aromatic rings. The molecule has 112 valence electrons. The number of nitrogens with one attached hydrogen (secondary N) is 1. The lowest BCUT2D eigenvalue weighted by atomic mass is 10.0. The molecule has 0 heterocycles. The second-order valence-electron chi connectivity index (χ2n) is 5.88. The van der Waals surface area contributed by atoms with E-state index in [1.54, 1.807) is 0 Å². The van der Waals surface area contributed by atoms with Crippen LogP contribution in [0, 0.1) is 0 Å². The maximum Gasteiger partial charge on any atom is 0.0214 e. The van der Waals surface area contributed by atoms with E-state index in [4.69, 9.17) is 0 Å². The molecule has 1 heteroatoms. The molecule has 4 aromatic carbocycles. The Bertz CT molecular complexity index is 866. The molecule has 0 aliphatic carbocycles. The molecule has 0 saturated carbocycles. The number of rotatable bonds is 4. The molecule has 0 bridgehead atoms. The SMILES string of the molecule is c1ccc2c(CNCc3cccc4ccccc34)cccc2c1. The molecule has 0 aromatic heterocycles. The van der Waals surface area contributed by atoms with Crippen molar-refractivity contribution in [3.8, 4) is 0 Å². The Morgan fingerprint density at radius 2 is 0.913 bits per heavy atom. The summed E-state index contributed by atoms with van der Waals surface area (Å²) in [5.74, 6) is 0. The summed E-state index contributed by atoms with van der Waals surface area (Å²) < 4.78 is 0. The van der Waals surface area contributed by atoms with Crippen LogP contribution in [0.25, 0.3) is 21.5 Å². The first kappa shape index (κ1) is 14.0. The number of hydrogen-bond acceptors (Lipinski definition) is 1. The molecule has 1 N–H and O–H groups in total. The van der Waals surface area contributed by atoms with Gasteiger partial charge in [-0.25, -0.2) is 0 Å². The smallest absolute Gasteiger partial charge is 0.0214 e. The van der Waals surface area contributed by atoms with Crippen molar-refractivity contribution in [2.75, 3.05) is 0 Å². The summed E-state index contributed by atoms with van der Waals surface area (Å²) in [7, 11) is 0. The number of fused-ring (bicyclic) bond motifs is 2. The van der Waals surface area contributed by atoms with Crippen molar-refractivity contribution in [3.63, 3.8) is 0 Å². The van der Waals surface area contributed by atoms with Gasteiger partial charge in [0.1, 0.15) is 0 Å². The highest BCUT2D eigenvalue weighted by Gasteiger charge is 2.02. The molecule has 0 aliphatic heterocycles. The molecule has 0 fully saturated rings. The highest BCUT2D eigenvalue weighted by Crippen LogP contribution is 2.20. The topological polar surface area (TPSA) is 12.0 Å². The minimum absolute atomic E-state index is 0.880. The lowest BCUT2D eigenvalue weighted by molar-refractivity contribution is 0.700. The first-order valence-electron chi connectivity index (χ1n) is 8.06. The maximum atomic E-state index is 3.60. The van der Waals surface area contributed by atoms with Crippen LogP contribution in [0.4, 0.5) is 0 Å².